The van der Waals surface area contributed by atoms with Crippen molar-refractivity contribution in [1.29, 1.82) is 0 Å². The smallest absolute Gasteiger partial charge is 0.0522 e. The second-order valence-corrected chi connectivity index (χ2v) is 4.25. The van der Waals surface area contributed by atoms with Crippen LogP contribution in [0, 0.1) is 6.92 Å². The van der Waals surface area contributed by atoms with Crippen molar-refractivity contribution in [2.45, 2.75) is 19.4 Å². The van der Waals surface area contributed by atoms with Gasteiger partial charge in [0.2, 0.25) is 0 Å². The van der Waals surface area contributed by atoms with Crippen molar-refractivity contribution in [1.82, 2.24) is 20.1 Å². The van der Waals surface area contributed by atoms with Crippen LogP contribution in [0.3, 0.4) is 0 Å². The van der Waals surface area contributed by atoms with E-state index in [4.69, 9.17) is 0 Å². The van der Waals surface area contributed by atoms with Gasteiger partial charge in [0.15, 0.2) is 0 Å². The van der Waals surface area contributed by atoms with Crippen molar-refractivity contribution in [3.05, 3.63) is 47.5 Å². The van der Waals surface area contributed by atoms with Crippen LogP contribution >= 0.6 is 0 Å². The maximum atomic E-state index is 4.33. The first-order chi connectivity index (χ1) is 8.20. The Morgan fingerprint density at radius 3 is 2.88 bits per heavy atom. The number of aryl methyl sites for hydroxylation is 2. The second kappa shape index (κ2) is 5.10. The monoisotopic (exact) mass is 230 g/mol. The largest absolute Gasteiger partial charge is 0.313 e. The van der Waals surface area contributed by atoms with Gasteiger partial charge in [-0.05, 0) is 37.6 Å². The molecule has 2 aromatic heterocycles. The highest BCUT2D eigenvalue weighted by Gasteiger charge is 2.13. The van der Waals surface area contributed by atoms with Crippen molar-refractivity contribution >= 4 is 0 Å². The number of hydrogen-bond donors (Lipinski definition) is 1. The zero-order valence-electron chi connectivity index (χ0n) is 10.5. The molecule has 0 fully saturated rings. The van der Waals surface area contributed by atoms with E-state index < -0.39 is 0 Å². The van der Waals surface area contributed by atoms with E-state index in [-0.39, 0.29) is 6.04 Å². The lowest BCUT2D eigenvalue weighted by Gasteiger charge is -2.17. The third-order valence-electron chi connectivity index (χ3n) is 2.97. The first-order valence-electron chi connectivity index (χ1n) is 5.77. The van der Waals surface area contributed by atoms with E-state index in [1.54, 1.807) is 0 Å². The van der Waals surface area contributed by atoms with Gasteiger partial charge in [-0.15, -0.1) is 0 Å². The van der Waals surface area contributed by atoms with Crippen LogP contribution in [-0.2, 0) is 13.5 Å². The predicted molar refractivity (Wildman–Crippen MR) is 67.7 cm³/mol. The van der Waals surface area contributed by atoms with Gasteiger partial charge in [-0.25, -0.2) is 0 Å². The number of aromatic nitrogens is 3. The summed E-state index contributed by atoms with van der Waals surface area (Å²) < 4.78 is 1.83. The maximum absolute atomic E-state index is 4.33. The molecule has 0 radical (unpaired) electrons. The van der Waals surface area contributed by atoms with Gasteiger partial charge < -0.3 is 5.32 Å². The van der Waals surface area contributed by atoms with Gasteiger partial charge in [0.1, 0.15) is 0 Å². The molecule has 1 unspecified atom stereocenters. The fraction of sp³-hybridized carbons (Fsp3) is 0.385. The Kier molecular flexibility index (Phi) is 3.54. The van der Waals surface area contributed by atoms with Gasteiger partial charge in [0.25, 0.3) is 0 Å². The fourth-order valence-electron chi connectivity index (χ4n) is 2.05. The molecule has 4 heteroatoms. The Hall–Kier alpha value is -1.68. The Morgan fingerprint density at radius 2 is 2.29 bits per heavy atom. The number of likely N-dealkylation sites (N-methyl/N-ethyl adjacent to an activating group) is 1. The summed E-state index contributed by atoms with van der Waals surface area (Å²) in [5.74, 6) is 0. The van der Waals surface area contributed by atoms with E-state index >= 15 is 0 Å². The molecule has 90 valence electrons. The molecule has 17 heavy (non-hydrogen) atoms. The number of nitrogens with one attached hydrogen (secondary N) is 1. The zero-order chi connectivity index (χ0) is 12.3. The molecule has 1 atom stereocenters. The summed E-state index contributed by atoms with van der Waals surface area (Å²) in [6.07, 6.45) is 6.72. The second-order valence-electron chi connectivity index (χ2n) is 4.25. The summed E-state index contributed by atoms with van der Waals surface area (Å²) in [7, 11) is 3.92. The lowest BCUT2D eigenvalue weighted by Crippen LogP contribution is -2.20. The molecule has 1 N–H and O–H groups in total. The van der Waals surface area contributed by atoms with E-state index in [1.807, 2.05) is 44.2 Å². The minimum atomic E-state index is 0.285. The summed E-state index contributed by atoms with van der Waals surface area (Å²) >= 11 is 0. The third kappa shape index (κ3) is 2.71. The van der Waals surface area contributed by atoms with E-state index in [1.165, 1.54) is 11.1 Å². The molecule has 0 bridgehead atoms. The fourth-order valence-corrected chi connectivity index (χ4v) is 2.05. The third-order valence-corrected chi connectivity index (χ3v) is 2.97. The van der Waals surface area contributed by atoms with Crippen LogP contribution in [0.1, 0.15) is 22.9 Å². The van der Waals surface area contributed by atoms with Gasteiger partial charge in [0, 0.05) is 31.2 Å². The van der Waals surface area contributed by atoms with Crippen molar-refractivity contribution in [3.8, 4) is 0 Å². The normalized spacial score (nSPS) is 12.6. The minimum Gasteiger partial charge on any atom is -0.313 e. The van der Waals surface area contributed by atoms with E-state index in [0.717, 1.165) is 12.1 Å². The Bertz CT molecular complexity index is 490. The SMILES string of the molecule is CNC(Cc1cnn(C)c1)c1cccnc1C. The van der Waals surface area contributed by atoms with E-state index in [0.29, 0.717) is 0 Å². The van der Waals surface area contributed by atoms with E-state index in [2.05, 4.69) is 27.7 Å². The average Bonchev–Trinajstić information content (AvgIpc) is 2.73. The van der Waals surface area contributed by atoms with Crippen LogP contribution < -0.4 is 5.32 Å². The van der Waals surface area contributed by atoms with Crippen molar-refractivity contribution in [2.24, 2.45) is 7.05 Å². The van der Waals surface area contributed by atoms with E-state index in [9.17, 15) is 0 Å². The Morgan fingerprint density at radius 1 is 1.47 bits per heavy atom. The molecule has 0 spiro atoms. The molecule has 0 amide bonds. The minimum absolute atomic E-state index is 0.285. The molecule has 2 rings (SSSR count). The van der Waals surface area contributed by atoms with Crippen LogP contribution in [0.15, 0.2) is 30.7 Å². The molecule has 2 heterocycles. The van der Waals surface area contributed by atoms with Gasteiger partial charge >= 0.3 is 0 Å². The summed E-state index contributed by atoms with van der Waals surface area (Å²) in [6, 6.07) is 4.39. The molecule has 0 aliphatic heterocycles. The summed E-state index contributed by atoms with van der Waals surface area (Å²) in [5, 5.41) is 7.53. The van der Waals surface area contributed by atoms with Crippen LogP contribution in [-0.4, -0.2) is 21.8 Å². The molecule has 0 saturated heterocycles. The molecular formula is C13H18N4. The molecule has 2 aromatic rings. The van der Waals surface area contributed by atoms with Gasteiger partial charge in [-0.1, -0.05) is 6.07 Å². The summed E-state index contributed by atoms with van der Waals surface area (Å²) in [5.41, 5.74) is 3.56. The topological polar surface area (TPSA) is 42.7 Å². The Balaban J connectivity index is 2.20. The number of nitrogens with zero attached hydrogens (tertiary/aromatic N) is 3. The quantitative estimate of drug-likeness (QED) is 0.868. The van der Waals surface area contributed by atoms with Crippen molar-refractivity contribution in [2.75, 3.05) is 7.05 Å². The first kappa shape index (κ1) is 11.8. The maximum Gasteiger partial charge on any atom is 0.0522 e. The highest BCUT2D eigenvalue weighted by atomic mass is 15.2. The Labute approximate surface area is 102 Å². The van der Waals surface area contributed by atoms with Crippen molar-refractivity contribution in [3.63, 3.8) is 0 Å². The van der Waals surface area contributed by atoms with Gasteiger partial charge in [0.05, 0.1) is 6.20 Å². The number of hydrogen-bond acceptors (Lipinski definition) is 3. The van der Waals surface area contributed by atoms with Crippen LogP contribution in [0.25, 0.3) is 0 Å². The molecule has 0 aliphatic rings. The zero-order valence-corrected chi connectivity index (χ0v) is 10.5. The first-order valence-corrected chi connectivity index (χ1v) is 5.77. The molecule has 0 aromatic carbocycles. The highest BCUT2D eigenvalue weighted by molar-refractivity contribution is 5.24. The molecule has 4 nitrogen and oxygen atoms in total. The predicted octanol–water partition coefficient (Wildman–Crippen LogP) is 1.63. The van der Waals surface area contributed by atoms with Crippen LogP contribution in [0.5, 0.6) is 0 Å². The standard InChI is InChI=1S/C13H18N4/c1-10-12(5-4-6-15-10)13(14-2)7-11-8-16-17(3)9-11/h4-6,8-9,13-14H,7H2,1-3H3. The van der Waals surface area contributed by atoms with Crippen LogP contribution in [0.4, 0.5) is 0 Å². The number of rotatable bonds is 4. The van der Waals surface area contributed by atoms with Gasteiger partial charge in [-0.3, -0.25) is 9.67 Å². The van der Waals surface area contributed by atoms with Crippen molar-refractivity contribution < 1.29 is 0 Å². The van der Waals surface area contributed by atoms with Gasteiger partial charge in [-0.2, -0.15) is 5.10 Å². The summed E-state index contributed by atoms with van der Waals surface area (Å²) in [6.45, 7) is 2.04. The van der Waals surface area contributed by atoms with Crippen LogP contribution in [0.2, 0.25) is 0 Å². The average molecular weight is 230 g/mol. The highest BCUT2D eigenvalue weighted by Crippen LogP contribution is 2.19. The summed E-state index contributed by atoms with van der Waals surface area (Å²) in [4.78, 5) is 4.33. The molecule has 0 aliphatic carbocycles. The lowest BCUT2D eigenvalue weighted by molar-refractivity contribution is 0.585. The lowest BCUT2D eigenvalue weighted by atomic mass is 10.00. The molecule has 0 saturated carbocycles. The molecular weight excluding hydrogens is 212 g/mol. The number of pyridine rings is 1.